The fraction of sp³-hybridized carbons (Fsp3) is 0.211. The highest BCUT2D eigenvalue weighted by Gasteiger charge is 2.19. The van der Waals surface area contributed by atoms with Gasteiger partial charge in [-0.3, -0.25) is 4.57 Å². The van der Waals surface area contributed by atoms with E-state index in [0.717, 1.165) is 17.0 Å². The predicted molar refractivity (Wildman–Crippen MR) is 104 cm³/mol. The molecule has 0 spiro atoms. The maximum Gasteiger partial charge on any atom is 0.197 e. The molecule has 0 saturated heterocycles. The Labute approximate surface area is 161 Å². The molecular weight excluding hydrogens is 368 g/mol. The van der Waals surface area contributed by atoms with Crippen molar-refractivity contribution in [1.82, 2.24) is 14.8 Å². The summed E-state index contributed by atoms with van der Waals surface area (Å²) in [6.45, 7) is 4.38. The van der Waals surface area contributed by atoms with Gasteiger partial charge < -0.3 is 4.74 Å². The van der Waals surface area contributed by atoms with E-state index in [4.69, 9.17) is 21.6 Å². The monoisotopic (exact) mass is 384 g/mol. The molecule has 0 aliphatic rings. The Balaban J connectivity index is 2.12. The molecule has 7 heteroatoms. The highest BCUT2D eigenvalue weighted by Crippen LogP contribution is 2.33. The van der Waals surface area contributed by atoms with Crippen LogP contribution in [0.3, 0.4) is 0 Å². The lowest BCUT2D eigenvalue weighted by molar-refractivity contribution is 0.340. The number of thioether (sulfide) groups is 1. The predicted octanol–water partition coefficient (Wildman–Crippen LogP) is 4.99. The SMILES string of the molecule is CCOc1ccc(-n2c(S[C@H](C)C#N)nnc2-c2ccccc2Cl)cc1. The van der Waals surface area contributed by atoms with Gasteiger partial charge in [0.25, 0.3) is 0 Å². The molecule has 132 valence electrons. The minimum absolute atomic E-state index is 0.250. The van der Waals surface area contributed by atoms with Crippen LogP contribution in [0.25, 0.3) is 17.1 Å². The van der Waals surface area contributed by atoms with Crippen LogP contribution in [-0.4, -0.2) is 26.6 Å². The molecule has 0 amide bonds. The first kappa shape index (κ1) is 18.3. The lowest BCUT2D eigenvalue weighted by Gasteiger charge is -2.12. The van der Waals surface area contributed by atoms with Crippen molar-refractivity contribution in [2.24, 2.45) is 0 Å². The normalized spacial score (nSPS) is 11.8. The lowest BCUT2D eigenvalue weighted by atomic mass is 10.2. The molecule has 1 heterocycles. The van der Waals surface area contributed by atoms with Crippen LogP contribution in [0.5, 0.6) is 5.75 Å². The van der Waals surface area contributed by atoms with Gasteiger partial charge in [-0.25, -0.2) is 0 Å². The highest BCUT2D eigenvalue weighted by atomic mass is 35.5. The Kier molecular flexibility index (Phi) is 5.82. The average molecular weight is 385 g/mol. The first-order valence-corrected chi connectivity index (χ1v) is 9.39. The average Bonchev–Trinajstić information content (AvgIpc) is 3.06. The Morgan fingerprint density at radius 3 is 2.58 bits per heavy atom. The molecule has 26 heavy (non-hydrogen) atoms. The molecule has 1 aromatic heterocycles. The fourth-order valence-electron chi connectivity index (χ4n) is 2.44. The molecule has 3 aromatic rings. The van der Waals surface area contributed by atoms with Gasteiger partial charge in [-0.05, 0) is 50.2 Å². The number of nitriles is 1. The third-order valence-corrected chi connectivity index (χ3v) is 4.88. The molecule has 0 fully saturated rings. The Morgan fingerprint density at radius 2 is 1.92 bits per heavy atom. The molecule has 3 rings (SSSR count). The molecule has 0 bridgehead atoms. The minimum Gasteiger partial charge on any atom is -0.494 e. The van der Waals surface area contributed by atoms with Gasteiger partial charge in [0, 0.05) is 11.3 Å². The zero-order valence-corrected chi connectivity index (χ0v) is 16.0. The largest absolute Gasteiger partial charge is 0.494 e. The summed E-state index contributed by atoms with van der Waals surface area (Å²) in [6.07, 6.45) is 0. The number of ether oxygens (including phenoxy) is 1. The fourth-order valence-corrected chi connectivity index (χ4v) is 3.41. The summed E-state index contributed by atoms with van der Waals surface area (Å²) in [7, 11) is 0. The van der Waals surface area contributed by atoms with Crippen molar-refractivity contribution in [2.45, 2.75) is 24.3 Å². The standard InChI is InChI=1S/C19H17ClN4OS/c1-3-25-15-10-8-14(9-11-15)24-18(16-6-4-5-7-17(16)20)22-23-19(24)26-13(2)12-21/h4-11,13H,3H2,1-2H3/t13-/m1/s1. The molecular formula is C19H17ClN4OS. The van der Waals surface area contributed by atoms with Crippen molar-refractivity contribution in [3.05, 3.63) is 53.6 Å². The maximum absolute atomic E-state index is 9.16. The van der Waals surface area contributed by atoms with Gasteiger partial charge in [-0.2, -0.15) is 5.26 Å². The van der Waals surface area contributed by atoms with Gasteiger partial charge in [0.15, 0.2) is 11.0 Å². The van der Waals surface area contributed by atoms with E-state index in [1.54, 1.807) is 0 Å². The van der Waals surface area contributed by atoms with E-state index in [9.17, 15) is 0 Å². The number of rotatable bonds is 6. The molecule has 5 nitrogen and oxygen atoms in total. The Bertz CT molecular complexity index is 933. The van der Waals surface area contributed by atoms with Crippen molar-refractivity contribution in [2.75, 3.05) is 6.61 Å². The van der Waals surface area contributed by atoms with Crippen molar-refractivity contribution in [3.63, 3.8) is 0 Å². The van der Waals surface area contributed by atoms with Crippen LogP contribution in [0.4, 0.5) is 0 Å². The summed E-state index contributed by atoms with van der Waals surface area (Å²) in [6, 6.07) is 17.4. The Hall–Kier alpha value is -2.49. The van der Waals surface area contributed by atoms with Gasteiger partial charge in [-0.1, -0.05) is 35.5 Å². The molecule has 0 radical (unpaired) electrons. The van der Waals surface area contributed by atoms with Crippen molar-refractivity contribution in [3.8, 4) is 28.9 Å². The van der Waals surface area contributed by atoms with Crippen LogP contribution < -0.4 is 4.74 Å². The molecule has 0 N–H and O–H groups in total. The van der Waals surface area contributed by atoms with Crippen LogP contribution >= 0.6 is 23.4 Å². The van der Waals surface area contributed by atoms with Gasteiger partial charge in [0.1, 0.15) is 5.75 Å². The molecule has 0 aliphatic carbocycles. The second kappa shape index (κ2) is 8.26. The first-order chi connectivity index (χ1) is 12.6. The van der Waals surface area contributed by atoms with E-state index in [2.05, 4.69) is 16.3 Å². The highest BCUT2D eigenvalue weighted by molar-refractivity contribution is 8.00. The maximum atomic E-state index is 9.16. The van der Waals surface area contributed by atoms with E-state index in [-0.39, 0.29) is 5.25 Å². The van der Waals surface area contributed by atoms with E-state index < -0.39 is 0 Å². The number of nitrogens with zero attached hydrogens (tertiary/aromatic N) is 4. The molecule has 0 unspecified atom stereocenters. The van der Waals surface area contributed by atoms with Gasteiger partial charge in [0.2, 0.25) is 0 Å². The second-order valence-electron chi connectivity index (χ2n) is 5.44. The number of aromatic nitrogens is 3. The summed E-state index contributed by atoms with van der Waals surface area (Å²) in [5.74, 6) is 1.43. The smallest absolute Gasteiger partial charge is 0.197 e. The van der Waals surface area contributed by atoms with Crippen molar-refractivity contribution in [1.29, 1.82) is 5.26 Å². The Morgan fingerprint density at radius 1 is 1.19 bits per heavy atom. The quantitative estimate of drug-likeness (QED) is 0.560. The zero-order chi connectivity index (χ0) is 18.5. The molecule has 0 saturated carbocycles. The van der Waals surface area contributed by atoms with Crippen LogP contribution in [0.2, 0.25) is 5.02 Å². The molecule has 0 aliphatic heterocycles. The summed E-state index contributed by atoms with van der Waals surface area (Å²) in [5, 5.41) is 18.8. The van der Waals surface area contributed by atoms with E-state index in [0.29, 0.717) is 22.6 Å². The van der Waals surface area contributed by atoms with E-state index in [1.807, 2.05) is 66.9 Å². The van der Waals surface area contributed by atoms with Gasteiger partial charge in [-0.15, -0.1) is 10.2 Å². The van der Waals surface area contributed by atoms with Crippen LogP contribution in [-0.2, 0) is 0 Å². The number of halogens is 1. The minimum atomic E-state index is -0.250. The third kappa shape index (κ3) is 3.85. The third-order valence-electron chi connectivity index (χ3n) is 3.62. The topological polar surface area (TPSA) is 63.7 Å². The number of hydrogen-bond acceptors (Lipinski definition) is 5. The van der Waals surface area contributed by atoms with E-state index in [1.165, 1.54) is 11.8 Å². The van der Waals surface area contributed by atoms with Crippen LogP contribution in [0.15, 0.2) is 53.7 Å². The molecule has 2 aromatic carbocycles. The summed E-state index contributed by atoms with van der Waals surface area (Å²) < 4.78 is 7.43. The van der Waals surface area contributed by atoms with Crippen LogP contribution in [0, 0.1) is 11.3 Å². The zero-order valence-electron chi connectivity index (χ0n) is 14.4. The molecule has 1 atom stereocenters. The summed E-state index contributed by atoms with van der Waals surface area (Å²) in [5.41, 5.74) is 1.66. The first-order valence-electron chi connectivity index (χ1n) is 8.14. The lowest BCUT2D eigenvalue weighted by Crippen LogP contribution is -2.02. The van der Waals surface area contributed by atoms with Gasteiger partial charge >= 0.3 is 0 Å². The number of hydrogen-bond donors (Lipinski definition) is 0. The van der Waals surface area contributed by atoms with Gasteiger partial charge in [0.05, 0.1) is 22.9 Å². The summed E-state index contributed by atoms with van der Waals surface area (Å²) >= 11 is 7.72. The second-order valence-corrected chi connectivity index (χ2v) is 7.15. The van der Waals surface area contributed by atoms with Crippen molar-refractivity contribution < 1.29 is 4.74 Å². The number of benzene rings is 2. The van der Waals surface area contributed by atoms with Crippen molar-refractivity contribution >= 4 is 23.4 Å². The van der Waals surface area contributed by atoms with Crippen LogP contribution in [0.1, 0.15) is 13.8 Å². The summed E-state index contributed by atoms with van der Waals surface area (Å²) in [4.78, 5) is 0. The van der Waals surface area contributed by atoms with E-state index >= 15 is 0 Å².